The van der Waals surface area contributed by atoms with E-state index in [0.29, 0.717) is 0 Å². The van der Waals surface area contributed by atoms with Gasteiger partial charge in [0, 0.05) is 24.6 Å². The van der Waals surface area contributed by atoms with Crippen LogP contribution in [0.5, 0.6) is 0 Å². The van der Waals surface area contributed by atoms with Crippen LogP contribution >= 0.6 is 0 Å². The van der Waals surface area contributed by atoms with Crippen molar-refractivity contribution in [1.82, 2.24) is 0 Å². The maximum atomic E-state index is 11.1. The van der Waals surface area contributed by atoms with E-state index in [-0.39, 0.29) is 30.1 Å². The molecular formula is C12H16N2O5. The molecule has 0 bridgehead atoms. The Morgan fingerprint density at radius 3 is 2.58 bits per heavy atom. The van der Waals surface area contributed by atoms with E-state index in [1.165, 1.54) is 18.2 Å². The molecule has 3 N–H and O–H groups in total. The van der Waals surface area contributed by atoms with E-state index >= 15 is 0 Å². The predicted octanol–water partition coefficient (Wildman–Crippen LogP) is 1.72. The number of carboxylic acids is 1. The summed E-state index contributed by atoms with van der Waals surface area (Å²) in [5.74, 6) is -1.24. The molecule has 7 heteroatoms. The van der Waals surface area contributed by atoms with Crippen molar-refractivity contribution >= 4 is 17.3 Å². The molecule has 0 saturated carbocycles. The first kappa shape index (κ1) is 14.9. The number of aromatic carboxylic acids is 1. The molecule has 0 aliphatic heterocycles. The predicted molar refractivity (Wildman–Crippen MR) is 69.4 cm³/mol. The van der Waals surface area contributed by atoms with Crippen LogP contribution < -0.4 is 5.32 Å². The Kier molecular flexibility index (Phi) is 4.44. The standard InChI is InChI=1S/C12H16N2O5/c1-12(2,7-15)6-13-10-8(11(16)17)4-3-5-9(10)14(18)19/h3-5,13,15H,6-7H2,1-2H3,(H,16,17). The van der Waals surface area contributed by atoms with Crippen LogP contribution in [-0.2, 0) is 0 Å². The highest BCUT2D eigenvalue weighted by Gasteiger charge is 2.24. The average molecular weight is 268 g/mol. The van der Waals surface area contributed by atoms with Crippen LogP contribution in [0.4, 0.5) is 11.4 Å². The molecule has 7 nitrogen and oxygen atoms in total. The number of nitrogens with one attached hydrogen (secondary N) is 1. The minimum atomic E-state index is -1.24. The number of benzene rings is 1. The zero-order chi connectivity index (χ0) is 14.6. The molecule has 1 rings (SSSR count). The molecule has 0 aliphatic carbocycles. The fourth-order valence-electron chi connectivity index (χ4n) is 1.44. The maximum absolute atomic E-state index is 11.1. The summed E-state index contributed by atoms with van der Waals surface area (Å²) >= 11 is 0. The van der Waals surface area contributed by atoms with Crippen molar-refractivity contribution in [3.63, 3.8) is 0 Å². The van der Waals surface area contributed by atoms with E-state index in [1.54, 1.807) is 13.8 Å². The van der Waals surface area contributed by atoms with Crippen LogP contribution in [0.25, 0.3) is 0 Å². The number of hydrogen-bond acceptors (Lipinski definition) is 5. The van der Waals surface area contributed by atoms with Gasteiger partial charge in [0.15, 0.2) is 0 Å². The number of anilines is 1. The quantitative estimate of drug-likeness (QED) is 0.535. The van der Waals surface area contributed by atoms with Gasteiger partial charge in [-0.3, -0.25) is 10.1 Å². The third-order valence-corrected chi connectivity index (χ3v) is 2.64. The van der Waals surface area contributed by atoms with Gasteiger partial charge < -0.3 is 15.5 Å². The second-order valence-corrected chi connectivity index (χ2v) is 4.94. The van der Waals surface area contributed by atoms with Crippen LogP contribution in [0.1, 0.15) is 24.2 Å². The second kappa shape index (κ2) is 5.66. The van der Waals surface area contributed by atoms with Gasteiger partial charge in [-0.1, -0.05) is 19.9 Å². The molecule has 1 aromatic carbocycles. The Labute approximate surface area is 110 Å². The smallest absolute Gasteiger partial charge is 0.338 e. The normalized spacial score (nSPS) is 11.1. The average Bonchev–Trinajstić information content (AvgIpc) is 2.35. The highest BCUT2D eigenvalue weighted by molar-refractivity contribution is 5.96. The van der Waals surface area contributed by atoms with Gasteiger partial charge in [0.2, 0.25) is 0 Å². The topological polar surface area (TPSA) is 113 Å². The summed E-state index contributed by atoms with van der Waals surface area (Å²) in [5.41, 5.74) is -1.02. The summed E-state index contributed by atoms with van der Waals surface area (Å²) in [6.45, 7) is 3.61. The minimum absolute atomic E-state index is 0.0403. The third-order valence-electron chi connectivity index (χ3n) is 2.64. The number of para-hydroxylation sites is 1. The Morgan fingerprint density at radius 1 is 1.47 bits per heavy atom. The molecule has 0 radical (unpaired) electrons. The number of carboxylic acid groups (broad SMARTS) is 1. The van der Waals surface area contributed by atoms with E-state index < -0.39 is 16.3 Å². The molecule has 0 aromatic heterocycles. The highest BCUT2D eigenvalue weighted by Crippen LogP contribution is 2.29. The molecule has 0 atom stereocenters. The number of nitro groups is 1. The summed E-state index contributed by atoms with van der Waals surface area (Å²) < 4.78 is 0. The van der Waals surface area contributed by atoms with E-state index in [1.807, 2.05) is 0 Å². The molecule has 0 unspecified atom stereocenters. The molecule has 0 heterocycles. The van der Waals surface area contributed by atoms with E-state index in [0.717, 1.165) is 0 Å². The molecule has 0 spiro atoms. The van der Waals surface area contributed by atoms with E-state index in [9.17, 15) is 14.9 Å². The number of aliphatic hydroxyl groups excluding tert-OH is 1. The number of rotatable bonds is 6. The lowest BCUT2D eigenvalue weighted by molar-refractivity contribution is -0.384. The van der Waals surface area contributed by atoms with Crippen LogP contribution in [0.2, 0.25) is 0 Å². The van der Waals surface area contributed by atoms with Crippen molar-refractivity contribution in [2.45, 2.75) is 13.8 Å². The molecular weight excluding hydrogens is 252 g/mol. The lowest BCUT2D eigenvalue weighted by atomic mass is 9.94. The first-order valence-electron chi connectivity index (χ1n) is 5.64. The maximum Gasteiger partial charge on any atom is 0.338 e. The molecule has 0 saturated heterocycles. The fourth-order valence-corrected chi connectivity index (χ4v) is 1.44. The van der Waals surface area contributed by atoms with Crippen molar-refractivity contribution in [1.29, 1.82) is 0 Å². The van der Waals surface area contributed by atoms with Crippen molar-refractivity contribution in [3.8, 4) is 0 Å². The van der Waals surface area contributed by atoms with Gasteiger partial charge in [-0.15, -0.1) is 0 Å². The van der Waals surface area contributed by atoms with Gasteiger partial charge in [0.1, 0.15) is 5.69 Å². The van der Waals surface area contributed by atoms with Crippen LogP contribution in [-0.4, -0.2) is 34.3 Å². The molecule has 1 aromatic rings. The van der Waals surface area contributed by atoms with Gasteiger partial charge >= 0.3 is 5.97 Å². The summed E-state index contributed by atoms with van der Waals surface area (Å²) in [6.07, 6.45) is 0. The summed E-state index contributed by atoms with van der Waals surface area (Å²) in [5, 5.41) is 31.9. The lowest BCUT2D eigenvalue weighted by Gasteiger charge is -2.23. The Morgan fingerprint density at radius 2 is 2.11 bits per heavy atom. The molecule has 0 fully saturated rings. The SMILES string of the molecule is CC(C)(CO)CNc1c(C(=O)O)cccc1[N+](=O)[O-]. The number of aliphatic hydroxyl groups is 1. The lowest BCUT2D eigenvalue weighted by Crippen LogP contribution is -2.27. The number of hydrogen-bond donors (Lipinski definition) is 3. The molecule has 0 amide bonds. The zero-order valence-corrected chi connectivity index (χ0v) is 10.7. The van der Waals surface area contributed by atoms with E-state index in [2.05, 4.69) is 5.32 Å². The summed E-state index contributed by atoms with van der Waals surface area (Å²) in [4.78, 5) is 21.4. The molecule has 0 aliphatic rings. The summed E-state index contributed by atoms with van der Waals surface area (Å²) in [6, 6.07) is 3.86. The second-order valence-electron chi connectivity index (χ2n) is 4.94. The zero-order valence-electron chi connectivity index (χ0n) is 10.7. The highest BCUT2D eigenvalue weighted by atomic mass is 16.6. The minimum Gasteiger partial charge on any atom is -0.478 e. The third kappa shape index (κ3) is 3.65. The van der Waals surface area contributed by atoms with Crippen molar-refractivity contribution in [3.05, 3.63) is 33.9 Å². The molecule has 19 heavy (non-hydrogen) atoms. The van der Waals surface area contributed by atoms with Crippen molar-refractivity contribution in [2.75, 3.05) is 18.5 Å². The first-order chi connectivity index (χ1) is 8.78. The van der Waals surface area contributed by atoms with Crippen LogP contribution in [0.3, 0.4) is 0 Å². The number of nitrogens with zero attached hydrogens (tertiary/aromatic N) is 1. The Hall–Kier alpha value is -2.15. The summed E-state index contributed by atoms with van der Waals surface area (Å²) in [7, 11) is 0. The van der Waals surface area contributed by atoms with Gasteiger partial charge in [-0.25, -0.2) is 4.79 Å². The first-order valence-corrected chi connectivity index (χ1v) is 5.64. The Balaban J connectivity index is 3.15. The van der Waals surface area contributed by atoms with Gasteiger partial charge in [-0.05, 0) is 6.07 Å². The van der Waals surface area contributed by atoms with Crippen LogP contribution in [0, 0.1) is 15.5 Å². The van der Waals surface area contributed by atoms with Gasteiger partial charge in [0.05, 0.1) is 10.5 Å². The van der Waals surface area contributed by atoms with Crippen molar-refractivity contribution in [2.24, 2.45) is 5.41 Å². The van der Waals surface area contributed by atoms with E-state index in [4.69, 9.17) is 10.2 Å². The fraction of sp³-hybridized carbons (Fsp3) is 0.417. The monoisotopic (exact) mass is 268 g/mol. The van der Waals surface area contributed by atoms with Gasteiger partial charge in [-0.2, -0.15) is 0 Å². The van der Waals surface area contributed by atoms with Crippen LogP contribution in [0.15, 0.2) is 18.2 Å². The largest absolute Gasteiger partial charge is 0.478 e. The van der Waals surface area contributed by atoms with Crippen molar-refractivity contribution < 1.29 is 19.9 Å². The molecule has 104 valence electrons. The number of nitro benzene ring substituents is 1. The van der Waals surface area contributed by atoms with Gasteiger partial charge in [0.25, 0.3) is 5.69 Å². The number of carbonyl (C=O) groups is 1. The Bertz CT molecular complexity index is 467.